The summed E-state index contributed by atoms with van der Waals surface area (Å²) in [4.78, 5) is 28.1. The zero-order valence-corrected chi connectivity index (χ0v) is 29.4. The Morgan fingerprint density at radius 2 is 1.94 bits per heavy atom. The van der Waals surface area contributed by atoms with Crippen LogP contribution in [0.4, 0.5) is 5.82 Å². The third-order valence-electron chi connectivity index (χ3n) is 7.90. The maximum atomic E-state index is 14.2. The van der Waals surface area contributed by atoms with Gasteiger partial charge in [-0.3, -0.25) is 18.9 Å². The molecule has 1 saturated heterocycles. The number of aromatic nitrogens is 4. The standard InChI is InChI=1S/C28H39ClN7O10PS/c1-6-36(34-48(5,41)42)24-21-23(30-15-31-24)35(16-32-21)25-28(4,39)22(37)20(45-25)14-43-47(40,46-19-12-10-17(29)11-13-19)33-27(2,3)26(38)44-18-8-7-9-18/h10-13,15-16,18,20,22,25,34,37,39H,6-9,14H2,1-5H3,(H,33,40)/t20?,22-,25?,28-,47?/m1/s1. The summed E-state index contributed by atoms with van der Waals surface area (Å²) in [5.41, 5.74) is -3.13. The van der Waals surface area contributed by atoms with Crippen molar-refractivity contribution in [2.45, 2.75) is 82.6 Å². The first-order valence-corrected chi connectivity index (χ1v) is 18.9. The number of hydrazine groups is 1. The minimum atomic E-state index is -4.41. The summed E-state index contributed by atoms with van der Waals surface area (Å²) in [5, 5.41) is 27.0. The molecule has 2 fully saturated rings. The lowest BCUT2D eigenvalue weighted by Gasteiger charge is -2.33. The molecule has 2 aromatic heterocycles. The average molecular weight is 732 g/mol. The predicted octanol–water partition coefficient (Wildman–Crippen LogP) is 2.45. The maximum Gasteiger partial charge on any atom is 0.459 e. The summed E-state index contributed by atoms with van der Waals surface area (Å²) in [6.45, 7) is 5.63. The van der Waals surface area contributed by atoms with Crippen molar-refractivity contribution in [3.63, 3.8) is 0 Å². The van der Waals surface area contributed by atoms with Crippen molar-refractivity contribution in [2.75, 3.05) is 24.4 Å². The smallest absolute Gasteiger partial charge is 0.459 e. The molecule has 0 bridgehead atoms. The van der Waals surface area contributed by atoms with Crippen molar-refractivity contribution in [1.82, 2.24) is 29.4 Å². The van der Waals surface area contributed by atoms with Gasteiger partial charge in [0, 0.05) is 11.6 Å². The molecule has 48 heavy (non-hydrogen) atoms. The van der Waals surface area contributed by atoms with Gasteiger partial charge in [-0.2, -0.15) is 5.09 Å². The van der Waals surface area contributed by atoms with E-state index in [0.717, 1.165) is 25.5 Å². The molecule has 3 aromatic rings. The Labute approximate surface area is 282 Å². The number of hydrogen-bond acceptors (Lipinski definition) is 14. The fraction of sp³-hybridized carbons (Fsp3) is 0.571. The fourth-order valence-electron chi connectivity index (χ4n) is 5.11. The summed E-state index contributed by atoms with van der Waals surface area (Å²) in [6, 6.07) is 5.97. The number of sulfonamides is 1. The van der Waals surface area contributed by atoms with Gasteiger partial charge in [0.25, 0.3) is 0 Å². The SMILES string of the molecule is CCN(NS(C)(=O)=O)c1ncnc2c1ncn2C1OC(COP(=O)(NC(C)(C)C(=O)OC2CCC2)Oc2ccc(Cl)cc2)[C@@H](O)[C@@]1(C)O. The number of aliphatic hydroxyl groups is 2. The quantitative estimate of drug-likeness (QED) is 0.106. The largest absolute Gasteiger partial charge is 0.461 e. The normalized spacial score (nSPS) is 24.6. The van der Waals surface area contributed by atoms with Gasteiger partial charge in [-0.25, -0.2) is 27.9 Å². The molecule has 1 aromatic carbocycles. The van der Waals surface area contributed by atoms with Gasteiger partial charge in [0.2, 0.25) is 10.0 Å². The Balaban J connectivity index is 1.38. The first-order valence-electron chi connectivity index (χ1n) is 15.1. The van der Waals surface area contributed by atoms with Gasteiger partial charge in [0.15, 0.2) is 23.2 Å². The van der Waals surface area contributed by atoms with Crippen LogP contribution in [-0.4, -0.2) is 93.0 Å². The van der Waals surface area contributed by atoms with Crippen LogP contribution in [0.1, 0.15) is 53.2 Å². The number of carbonyl (C=O) groups excluding carboxylic acids is 1. The van der Waals surface area contributed by atoms with Crippen LogP contribution >= 0.6 is 19.3 Å². The number of benzene rings is 1. The Bertz CT molecular complexity index is 1790. The molecule has 2 aliphatic rings. The van der Waals surface area contributed by atoms with E-state index in [9.17, 15) is 28.0 Å². The Kier molecular flexibility index (Phi) is 10.4. The second kappa shape index (κ2) is 13.8. The molecule has 3 heterocycles. The molecule has 5 rings (SSSR count). The molecule has 4 N–H and O–H groups in total. The Morgan fingerprint density at radius 1 is 1.25 bits per heavy atom. The maximum absolute atomic E-state index is 14.2. The molecule has 264 valence electrons. The van der Waals surface area contributed by atoms with E-state index in [1.54, 1.807) is 6.92 Å². The summed E-state index contributed by atoms with van der Waals surface area (Å²) < 4.78 is 62.5. The van der Waals surface area contributed by atoms with Gasteiger partial charge in [-0.05, 0) is 71.2 Å². The minimum Gasteiger partial charge on any atom is -0.461 e. The molecular weight excluding hydrogens is 693 g/mol. The van der Waals surface area contributed by atoms with Crippen molar-refractivity contribution in [1.29, 1.82) is 0 Å². The van der Waals surface area contributed by atoms with Gasteiger partial charge in [-0.1, -0.05) is 11.6 Å². The number of rotatable bonds is 14. The number of nitrogens with zero attached hydrogens (tertiary/aromatic N) is 5. The third-order valence-corrected chi connectivity index (χ3v) is 10.5. The molecule has 1 saturated carbocycles. The summed E-state index contributed by atoms with van der Waals surface area (Å²) in [6.07, 6.45) is 1.56. The minimum absolute atomic E-state index is 0.114. The molecular formula is C28H39ClN7O10PS. The molecule has 5 atom stereocenters. The number of fused-ring (bicyclic) bond motifs is 1. The van der Waals surface area contributed by atoms with Crippen LogP contribution in [0.2, 0.25) is 5.02 Å². The van der Waals surface area contributed by atoms with Gasteiger partial charge in [0.1, 0.15) is 41.5 Å². The fourth-order valence-corrected chi connectivity index (χ4v) is 7.53. The number of nitrogens with one attached hydrogen (secondary N) is 2. The van der Waals surface area contributed by atoms with Crippen molar-refractivity contribution in [3.05, 3.63) is 41.9 Å². The van der Waals surface area contributed by atoms with E-state index in [1.165, 1.54) is 67.3 Å². The second-order valence-corrected chi connectivity index (χ2v) is 16.2. The topological polar surface area (TPSA) is 217 Å². The number of carbonyl (C=O) groups is 1. The zero-order valence-electron chi connectivity index (χ0n) is 26.9. The first kappa shape index (κ1) is 36.4. The first-order chi connectivity index (χ1) is 22.4. The second-order valence-electron chi connectivity index (χ2n) is 12.4. The number of hydrogen-bond donors (Lipinski definition) is 4. The average Bonchev–Trinajstić information content (AvgIpc) is 3.50. The summed E-state index contributed by atoms with van der Waals surface area (Å²) >= 11 is 5.99. The van der Waals surface area contributed by atoms with Gasteiger partial charge < -0.3 is 24.2 Å². The van der Waals surface area contributed by atoms with E-state index >= 15 is 0 Å². The van der Waals surface area contributed by atoms with E-state index < -0.39 is 59.9 Å². The Morgan fingerprint density at radius 3 is 2.54 bits per heavy atom. The highest BCUT2D eigenvalue weighted by Crippen LogP contribution is 2.48. The molecule has 1 aliphatic carbocycles. The Hall–Kier alpha value is -2.93. The van der Waals surface area contributed by atoms with Crippen molar-refractivity contribution >= 4 is 52.3 Å². The summed E-state index contributed by atoms with van der Waals surface area (Å²) in [5.74, 6) is -0.393. The lowest BCUT2D eigenvalue weighted by molar-refractivity contribution is -0.159. The van der Waals surface area contributed by atoms with Crippen LogP contribution in [0.5, 0.6) is 5.75 Å². The van der Waals surface area contributed by atoms with Crippen LogP contribution < -0.4 is 19.5 Å². The van der Waals surface area contributed by atoms with Gasteiger partial charge in [-0.15, -0.1) is 4.83 Å². The van der Waals surface area contributed by atoms with Crippen LogP contribution in [0.25, 0.3) is 11.2 Å². The molecule has 1 aliphatic heterocycles. The molecule has 3 unspecified atom stereocenters. The third kappa shape index (κ3) is 7.93. The highest BCUT2D eigenvalue weighted by molar-refractivity contribution is 7.88. The van der Waals surface area contributed by atoms with Crippen molar-refractivity contribution in [2.24, 2.45) is 0 Å². The highest BCUT2D eigenvalue weighted by atomic mass is 35.5. The lowest BCUT2D eigenvalue weighted by atomic mass is 9.96. The van der Waals surface area contributed by atoms with Crippen molar-refractivity contribution < 1.29 is 46.5 Å². The lowest BCUT2D eigenvalue weighted by Crippen LogP contribution is -2.49. The number of esters is 1. The number of halogens is 1. The van der Waals surface area contributed by atoms with Gasteiger partial charge in [0.05, 0.1) is 19.2 Å². The van der Waals surface area contributed by atoms with E-state index in [-0.39, 0.29) is 35.4 Å². The zero-order chi connectivity index (χ0) is 35.1. The molecule has 17 nitrogen and oxygen atoms in total. The predicted molar refractivity (Wildman–Crippen MR) is 173 cm³/mol. The van der Waals surface area contributed by atoms with E-state index in [0.29, 0.717) is 5.02 Å². The number of aliphatic hydroxyl groups excluding tert-OH is 1. The number of ether oxygens (including phenoxy) is 2. The monoisotopic (exact) mass is 731 g/mol. The molecule has 20 heteroatoms. The van der Waals surface area contributed by atoms with Crippen LogP contribution in [0.15, 0.2) is 36.9 Å². The van der Waals surface area contributed by atoms with E-state index in [2.05, 4.69) is 24.9 Å². The van der Waals surface area contributed by atoms with Crippen molar-refractivity contribution in [3.8, 4) is 5.75 Å². The summed E-state index contributed by atoms with van der Waals surface area (Å²) in [7, 11) is -8.07. The molecule has 0 radical (unpaired) electrons. The number of anilines is 1. The van der Waals surface area contributed by atoms with Crippen LogP contribution in [0, 0.1) is 0 Å². The molecule has 0 spiro atoms. The van der Waals surface area contributed by atoms with Gasteiger partial charge >= 0.3 is 13.7 Å². The molecule has 0 amide bonds. The van der Waals surface area contributed by atoms with Crippen LogP contribution in [0.3, 0.4) is 0 Å². The van der Waals surface area contributed by atoms with E-state index in [1.807, 2.05) is 0 Å². The number of imidazole rings is 1. The van der Waals surface area contributed by atoms with E-state index in [4.69, 9.17) is 30.1 Å². The highest BCUT2D eigenvalue weighted by Gasteiger charge is 2.54. The van der Waals surface area contributed by atoms with Crippen LogP contribution in [-0.2, 0) is 33.4 Å².